The highest BCUT2D eigenvalue weighted by atomic mass is 16.6. The minimum Gasteiger partial charge on any atom is -0.462 e. The third-order valence-electron chi connectivity index (χ3n) is 9.17. The summed E-state index contributed by atoms with van der Waals surface area (Å²) in [4.78, 5) is 24.3. The number of hydrogen-bond acceptors (Lipinski definition) is 8. The van der Waals surface area contributed by atoms with Crippen LogP contribution in [0.5, 0.6) is 0 Å². The van der Waals surface area contributed by atoms with Crippen LogP contribution in [0.15, 0.2) is 48.6 Å². The zero-order chi connectivity index (χ0) is 38.5. The van der Waals surface area contributed by atoms with Crippen LogP contribution in [0, 0.1) is 5.92 Å². The average Bonchev–Trinajstić information content (AvgIpc) is 3.12. The van der Waals surface area contributed by atoms with Crippen molar-refractivity contribution in [2.45, 2.75) is 199 Å². The molecule has 0 saturated carbocycles. The Morgan fingerprint density at radius 3 is 1.58 bits per heavy atom. The quantitative estimate of drug-likeness (QED) is 0.0284. The molecule has 8 heteroatoms. The lowest BCUT2D eigenvalue weighted by molar-refractivity contribution is -0.161. The molecule has 0 radical (unpaired) electrons. The molecule has 0 aliphatic heterocycles. The molecule has 0 spiro atoms. The number of aliphatic hydroxyl groups is 4. The van der Waals surface area contributed by atoms with E-state index in [4.69, 9.17) is 9.47 Å². The largest absolute Gasteiger partial charge is 0.462 e. The van der Waals surface area contributed by atoms with Crippen molar-refractivity contribution in [2.24, 2.45) is 5.92 Å². The van der Waals surface area contributed by atoms with E-state index in [1.165, 1.54) is 89.5 Å². The summed E-state index contributed by atoms with van der Waals surface area (Å²) in [5, 5.41) is 39.8. The first kappa shape index (κ1) is 49.7. The second-order valence-electron chi connectivity index (χ2n) is 14.8. The van der Waals surface area contributed by atoms with Gasteiger partial charge >= 0.3 is 11.9 Å². The molecule has 0 unspecified atom stereocenters. The summed E-state index contributed by atoms with van der Waals surface area (Å²) in [7, 11) is 0. The summed E-state index contributed by atoms with van der Waals surface area (Å²) in [5.74, 6) is -0.0798. The first-order chi connectivity index (χ1) is 25.2. The summed E-state index contributed by atoms with van der Waals surface area (Å²) in [6.07, 6.45) is 35.4. The van der Waals surface area contributed by atoms with E-state index in [2.05, 4.69) is 20.8 Å². The molecule has 302 valence electrons. The summed E-state index contributed by atoms with van der Waals surface area (Å²) in [5.41, 5.74) is 0. The Balaban J connectivity index is 3.85. The highest BCUT2D eigenvalue weighted by Crippen LogP contribution is 2.15. The van der Waals surface area contributed by atoms with Gasteiger partial charge in [-0.3, -0.25) is 9.59 Å². The second-order valence-corrected chi connectivity index (χ2v) is 14.8. The van der Waals surface area contributed by atoms with Gasteiger partial charge in [0.25, 0.3) is 0 Å². The van der Waals surface area contributed by atoms with E-state index in [1.807, 2.05) is 6.08 Å². The van der Waals surface area contributed by atoms with E-state index in [0.717, 1.165) is 50.9 Å². The number of carbonyl (C=O) groups is 2. The normalized spacial score (nSPS) is 14.6. The van der Waals surface area contributed by atoms with Crippen molar-refractivity contribution in [3.8, 4) is 0 Å². The first-order valence-corrected chi connectivity index (χ1v) is 20.9. The number of hydrogen-bond donors (Lipinski definition) is 4. The maximum Gasteiger partial charge on any atom is 0.306 e. The van der Waals surface area contributed by atoms with Gasteiger partial charge in [-0.05, 0) is 31.6 Å². The first-order valence-electron chi connectivity index (χ1n) is 20.9. The van der Waals surface area contributed by atoms with Gasteiger partial charge < -0.3 is 29.9 Å². The molecule has 0 aromatic heterocycles. The third kappa shape index (κ3) is 34.8. The van der Waals surface area contributed by atoms with Gasteiger partial charge in [0.15, 0.2) is 6.10 Å². The van der Waals surface area contributed by atoms with Crippen LogP contribution < -0.4 is 0 Å². The van der Waals surface area contributed by atoms with Crippen LogP contribution in [0.25, 0.3) is 0 Å². The minimum atomic E-state index is -1.09. The smallest absolute Gasteiger partial charge is 0.306 e. The average molecular weight is 735 g/mol. The lowest BCUT2D eigenvalue weighted by Gasteiger charge is -2.17. The summed E-state index contributed by atoms with van der Waals surface area (Å²) in [6, 6.07) is 0. The monoisotopic (exact) mass is 735 g/mol. The number of allylic oxidation sites excluding steroid dienone is 6. The lowest BCUT2D eigenvalue weighted by atomic mass is 10.0. The zero-order valence-corrected chi connectivity index (χ0v) is 33.3. The maximum atomic E-state index is 12.2. The van der Waals surface area contributed by atoms with Gasteiger partial charge in [0.2, 0.25) is 0 Å². The molecule has 0 aliphatic carbocycles. The van der Waals surface area contributed by atoms with Crippen molar-refractivity contribution >= 4 is 11.9 Å². The van der Waals surface area contributed by atoms with Gasteiger partial charge in [0.05, 0.1) is 24.9 Å². The highest BCUT2D eigenvalue weighted by molar-refractivity contribution is 5.70. The van der Waals surface area contributed by atoms with Crippen LogP contribution in [0.4, 0.5) is 0 Å². The van der Waals surface area contributed by atoms with Gasteiger partial charge in [-0.25, -0.2) is 0 Å². The van der Waals surface area contributed by atoms with Crippen molar-refractivity contribution in [3.05, 3.63) is 48.6 Å². The molecule has 0 amide bonds. The molecule has 4 N–H and O–H groups in total. The van der Waals surface area contributed by atoms with Gasteiger partial charge in [-0.2, -0.15) is 0 Å². The molecule has 4 atom stereocenters. The fraction of sp³-hybridized carbons (Fsp3) is 0.773. The van der Waals surface area contributed by atoms with E-state index in [9.17, 15) is 30.0 Å². The number of ether oxygens (including phenoxy) is 2. The molecule has 0 aromatic carbocycles. The Kier molecular flexibility index (Phi) is 35.5. The van der Waals surface area contributed by atoms with Crippen LogP contribution >= 0.6 is 0 Å². The van der Waals surface area contributed by atoms with Gasteiger partial charge in [-0.15, -0.1) is 0 Å². The highest BCUT2D eigenvalue weighted by Gasteiger charge is 2.18. The fourth-order valence-corrected chi connectivity index (χ4v) is 5.83. The number of rotatable bonds is 36. The van der Waals surface area contributed by atoms with Crippen LogP contribution in [0.3, 0.4) is 0 Å². The molecule has 0 bridgehead atoms. The third-order valence-corrected chi connectivity index (χ3v) is 9.17. The Bertz CT molecular complexity index is 941. The van der Waals surface area contributed by atoms with E-state index < -0.39 is 37.0 Å². The van der Waals surface area contributed by atoms with Gasteiger partial charge in [0, 0.05) is 12.8 Å². The van der Waals surface area contributed by atoms with Crippen molar-refractivity contribution < 1.29 is 39.5 Å². The Morgan fingerprint density at radius 2 is 1.04 bits per heavy atom. The molecule has 8 nitrogen and oxygen atoms in total. The molecular weight excluding hydrogens is 656 g/mol. The SMILES string of the molecule is CCCCC[C@H](O)/C=C/C=C\C=C\C=C\[C@H](O)[C@@H](O)CCCC(=O)O[C@@H](CO)COC(=O)CCCCCCCCCCCCCCCCCC(C)C. The van der Waals surface area contributed by atoms with Crippen LogP contribution in [0.2, 0.25) is 0 Å². The Morgan fingerprint density at radius 1 is 0.558 bits per heavy atom. The zero-order valence-electron chi connectivity index (χ0n) is 33.3. The van der Waals surface area contributed by atoms with Crippen LogP contribution in [-0.2, 0) is 19.1 Å². The van der Waals surface area contributed by atoms with Crippen molar-refractivity contribution in [1.82, 2.24) is 0 Å². The summed E-state index contributed by atoms with van der Waals surface area (Å²) >= 11 is 0. The number of carbonyl (C=O) groups excluding carboxylic acids is 2. The van der Waals surface area contributed by atoms with E-state index in [-0.39, 0.29) is 31.8 Å². The number of unbranched alkanes of at least 4 members (excludes halogenated alkanes) is 16. The predicted octanol–water partition coefficient (Wildman–Crippen LogP) is 9.78. The molecule has 52 heavy (non-hydrogen) atoms. The summed E-state index contributed by atoms with van der Waals surface area (Å²) in [6.45, 7) is 6.10. The van der Waals surface area contributed by atoms with E-state index in [1.54, 1.807) is 36.5 Å². The van der Waals surface area contributed by atoms with E-state index >= 15 is 0 Å². The van der Waals surface area contributed by atoms with Crippen molar-refractivity contribution in [2.75, 3.05) is 13.2 Å². The molecule has 0 heterocycles. The van der Waals surface area contributed by atoms with Crippen molar-refractivity contribution in [1.29, 1.82) is 0 Å². The Hall–Kier alpha value is -2.26. The standard InChI is InChI=1S/C44H78O8/c1-4-5-23-30-39(46)31-25-20-17-18-21-26-32-41(47)42(48)33-28-35-44(50)52-40(36-45)37-51-43(49)34-27-22-16-14-12-10-8-6-7-9-11-13-15-19-24-29-38(2)3/h17-18,20-21,25-26,31-32,38-42,45-48H,4-16,19,22-24,27-30,33-37H2,1-3H3/b20-17-,21-18+,31-25+,32-26+/t39-,40-,41-,42-/m0/s1. The lowest BCUT2D eigenvalue weighted by Crippen LogP contribution is -2.29. The summed E-state index contributed by atoms with van der Waals surface area (Å²) < 4.78 is 10.5. The molecular formula is C44H78O8. The molecule has 0 saturated heterocycles. The topological polar surface area (TPSA) is 134 Å². The van der Waals surface area contributed by atoms with Crippen molar-refractivity contribution in [3.63, 3.8) is 0 Å². The molecule has 0 fully saturated rings. The van der Waals surface area contributed by atoms with Crippen LogP contribution in [0.1, 0.15) is 175 Å². The predicted molar refractivity (Wildman–Crippen MR) is 214 cm³/mol. The second kappa shape index (κ2) is 37.1. The molecule has 0 aliphatic rings. The maximum absolute atomic E-state index is 12.2. The Labute approximate surface area is 317 Å². The fourth-order valence-electron chi connectivity index (χ4n) is 5.83. The number of esters is 2. The van der Waals surface area contributed by atoms with Gasteiger partial charge in [0.1, 0.15) is 6.61 Å². The molecule has 0 aromatic rings. The van der Waals surface area contributed by atoms with E-state index in [0.29, 0.717) is 6.42 Å². The minimum absolute atomic E-state index is 0.00222. The van der Waals surface area contributed by atoms with Crippen LogP contribution in [-0.4, -0.2) is 70.0 Å². The van der Waals surface area contributed by atoms with Gasteiger partial charge in [-0.1, -0.05) is 185 Å². The number of aliphatic hydroxyl groups excluding tert-OH is 4. The molecule has 0 rings (SSSR count).